The van der Waals surface area contributed by atoms with Crippen LogP contribution in [0.3, 0.4) is 0 Å². The van der Waals surface area contributed by atoms with E-state index in [0.717, 1.165) is 12.8 Å². The number of hydrogen-bond acceptors (Lipinski definition) is 5. The number of amides is 1. The lowest BCUT2D eigenvalue weighted by molar-refractivity contribution is 0.0949. The molecule has 0 spiro atoms. The highest BCUT2D eigenvalue weighted by Gasteiger charge is 2.33. The number of rotatable bonds is 6. The number of hydrogen-bond donors (Lipinski definition) is 2. The molecule has 1 amide bonds. The Labute approximate surface area is 224 Å². The van der Waals surface area contributed by atoms with Crippen molar-refractivity contribution in [2.45, 2.75) is 51.4 Å². The molecule has 2 aliphatic rings. The van der Waals surface area contributed by atoms with Gasteiger partial charge in [-0.2, -0.15) is 0 Å². The van der Waals surface area contributed by atoms with E-state index in [1.54, 1.807) is 24.4 Å². The molecule has 1 aliphatic heterocycles. The van der Waals surface area contributed by atoms with Crippen LogP contribution in [0.5, 0.6) is 5.75 Å². The molecule has 2 aromatic carbocycles. The van der Waals surface area contributed by atoms with Crippen LogP contribution < -0.4 is 25.7 Å². The maximum absolute atomic E-state index is 15.7. The lowest BCUT2D eigenvalue weighted by Gasteiger charge is -2.38. The van der Waals surface area contributed by atoms with Gasteiger partial charge in [0, 0.05) is 54.0 Å². The highest BCUT2D eigenvalue weighted by molar-refractivity contribution is 6.35. The molecule has 0 bridgehead atoms. The zero-order chi connectivity index (χ0) is 26.4. The summed E-state index contributed by atoms with van der Waals surface area (Å²) in [6.07, 6.45) is 3.38. The van der Waals surface area contributed by atoms with E-state index in [2.05, 4.69) is 24.5 Å². The Morgan fingerprint density at radius 2 is 1.89 bits per heavy atom. The zero-order valence-electron chi connectivity index (χ0n) is 20.9. The fraction of sp³-hybridized carbons (Fsp3) is 0.407. The predicted molar refractivity (Wildman–Crippen MR) is 145 cm³/mol. The van der Waals surface area contributed by atoms with Crippen LogP contribution in [0.1, 0.15) is 48.7 Å². The molecule has 1 aromatic heterocycles. The molecule has 1 aliphatic carbocycles. The molecular weight excluding hydrogens is 518 g/mol. The number of fused-ring (bicyclic) bond motifs is 1. The molecule has 196 valence electrons. The van der Waals surface area contributed by atoms with Gasteiger partial charge in [-0.3, -0.25) is 9.59 Å². The minimum absolute atomic E-state index is 0.0527. The van der Waals surface area contributed by atoms with Crippen LogP contribution in [0.15, 0.2) is 35.3 Å². The summed E-state index contributed by atoms with van der Waals surface area (Å²) >= 11 is 12.2. The topological polar surface area (TPSA) is 75.6 Å². The molecule has 1 saturated carbocycles. The average Bonchev–Trinajstić information content (AvgIpc) is 3.68. The zero-order valence-corrected chi connectivity index (χ0v) is 22.4. The van der Waals surface area contributed by atoms with Crippen molar-refractivity contribution in [1.29, 1.82) is 0 Å². The summed E-state index contributed by atoms with van der Waals surface area (Å²) in [7, 11) is 1.49. The van der Waals surface area contributed by atoms with Crippen LogP contribution >= 0.6 is 23.2 Å². The van der Waals surface area contributed by atoms with Crippen LogP contribution in [-0.4, -0.2) is 42.8 Å². The summed E-state index contributed by atoms with van der Waals surface area (Å²) in [5.41, 5.74) is 0.932. The fourth-order valence-electron chi connectivity index (χ4n) is 5.18. The Bertz CT molecular complexity index is 1430. The number of anilines is 1. The Balaban J connectivity index is 1.58. The standard InChI is InChI=1S/C27H29Cl2FN4O3/c1-14-11-33(12-15(2)32-14)24-22(30)9-19-23(26(24)37-3)34(18-6-7-18)13-20(25(19)35)27(36)31-10-16-4-5-17(28)8-21(16)29/h4-5,8-9,13-15,18,32H,6-7,10-12H2,1-3H3,(H,31,36)/t14-,15+. The summed E-state index contributed by atoms with van der Waals surface area (Å²) in [5, 5.41) is 7.24. The molecule has 2 fully saturated rings. The molecule has 2 heterocycles. The second-order valence-corrected chi connectivity index (χ2v) is 10.8. The number of methoxy groups -OCH3 is 1. The van der Waals surface area contributed by atoms with Gasteiger partial charge in [-0.15, -0.1) is 0 Å². The van der Waals surface area contributed by atoms with E-state index < -0.39 is 17.2 Å². The number of piperazine rings is 1. The fourth-order valence-corrected chi connectivity index (χ4v) is 5.65. The Kier molecular flexibility index (Phi) is 7.09. The van der Waals surface area contributed by atoms with Crippen molar-refractivity contribution < 1.29 is 13.9 Å². The predicted octanol–water partition coefficient (Wildman–Crippen LogP) is 4.91. The van der Waals surface area contributed by atoms with Gasteiger partial charge in [0.25, 0.3) is 5.91 Å². The molecule has 2 N–H and O–H groups in total. The van der Waals surface area contributed by atoms with Gasteiger partial charge in [0.2, 0.25) is 5.43 Å². The third kappa shape index (κ3) is 5.02. The third-order valence-corrected chi connectivity index (χ3v) is 7.50. The van der Waals surface area contributed by atoms with Crippen LogP contribution in [0.2, 0.25) is 10.0 Å². The van der Waals surface area contributed by atoms with Gasteiger partial charge in [-0.05, 0) is 50.5 Å². The van der Waals surface area contributed by atoms with E-state index in [0.29, 0.717) is 45.7 Å². The van der Waals surface area contributed by atoms with Crippen LogP contribution in [0, 0.1) is 5.82 Å². The molecule has 0 unspecified atom stereocenters. The minimum atomic E-state index is -0.555. The maximum Gasteiger partial charge on any atom is 0.257 e. The number of halogens is 3. The monoisotopic (exact) mass is 546 g/mol. The summed E-state index contributed by atoms with van der Waals surface area (Å²) in [6.45, 7) is 5.42. The first-order valence-corrected chi connectivity index (χ1v) is 13.1. The largest absolute Gasteiger partial charge is 0.492 e. The number of carbonyl (C=O) groups is 1. The Hall–Kier alpha value is -2.81. The van der Waals surface area contributed by atoms with Gasteiger partial charge in [0.05, 0.1) is 18.0 Å². The highest BCUT2D eigenvalue weighted by Crippen LogP contribution is 2.44. The van der Waals surface area contributed by atoms with E-state index in [1.807, 2.05) is 9.47 Å². The van der Waals surface area contributed by atoms with Gasteiger partial charge in [-0.1, -0.05) is 29.3 Å². The van der Waals surface area contributed by atoms with E-state index in [-0.39, 0.29) is 35.6 Å². The molecule has 0 radical (unpaired) electrons. The van der Waals surface area contributed by atoms with Crippen molar-refractivity contribution in [2.24, 2.45) is 0 Å². The van der Waals surface area contributed by atoms with E-state index in [1.165, 1.54) is 13.2 Å². The third-order valence-electron chi connectivity index (χ3n) is 6.92. The average molecular weight is 547 g/mol. The second kappa shape index (κ2) is 10.2. The lowest BCUT2D eigenvalue weighted by Crippen LogP contribution is -2.54. The number of pyridine rings is 1. The summed E-state index contributed by atoms with van der Waals surface area (Å²) in [5.74, 6) is -0.781. The van der Waals surface area contributed by atoms with E-state index >= 15 is 4.39 Å². The van der Waals surface area contributed by atoms with Crippen LogP contribution in [0.25, 0.3) is 10.9 Å². The van der Waals surface area contributed by atoms with Crippen molar-refractivity contribution in [2.75, 3.05) is 25.1 Å². The van der Waals surface area contributed by atoms with Gasteiger partial charge in [0.15, 0.2) is 11.6 Å². The smallest absolute Gasteiger partial charge is 0.257 e. The minimum Gasteiger partial charge on any atom is -0.492 e. The van der Waals surface area contributed by atoms with Crippen LogP contribution in [0.4, 0.5) is 10.1 Å². The lowest BCUT2D eigenvalue weighted by atomic mass is 10.1. The van der Waals surface area contributed by atoms with Gasteiger partial charge in [0.1, 0.15) is 11.3 Å². The number of ether oxygens (including phenoxy) is 1. The number of carbonyl (C=O) groups excluding carboxylic acids is 1. The highest BCUT2D eigenvalue weighted by atomic mass is 35.5. The van der Waals surface area contributed by atoms with Crippen LogP contribution in [-0.2, 0) is 6.54 Å². The van der Waals surface area contributed by atoms with Crippen molar-refractivity contribution >= 4 is 45.7 Å². The number of nitrogens with zero attached hydrogens (tertiary/aromatic N) is 2. The quantitative estimate of drug-likeness (QED) is 0.459. The molecule has 1 saturated heterocycles. The van der Waals surface area contributed by atoms with Crippen molar-refractivity contribution in [3.8, 4) is 5.75 Å². The molecule has 7 nitrogen and oxygen atoms in total. The van der Waals surface area contributed by atoms with E-state index in [4.69, 9.17) is 27.9 Å². The number of benzene rings is 2. The first-order chi connectivity index (χ1) is 17.7. The Morgan fingerprint density at radius 3 is 2.51 bits per heavy atom. The first kappa shape index (κ1) is 25.8. The second-order valence-electron chi connectivity index (χ2n) is 9.94. The SMILES string of the molecule is COc1c(N2C[C@@H](C)N[C@@H](C)C2)c(F)cc2c(=O)c(C(=O)NCc3ccc(Cl)cc3Cl)cn(C3CC3)c12. The molecular formula is C27H29Cl2FN4O3. The van der Waals surface area contributed by atoms with Gasteiger partial charge in [-0.25, -0.2) is 4.39 Å². The Morgan fingerprint density at radius 1 is 1.19 bits per heavy atom. The maximum atomic E-state index is 15.7. The summed E-state index contributed by atoms with van der Waals surface area (Å²) < 4.78 is 23.4. The molecule has 3 aromatic rings. The number of aromatic nitrogens is 1. The summed E-state index contributed by atoms with van der Waals surface area (Å²) in [4.78, 5) is 28.7. The van der Waals surface area contributed by atoms with Crippen molar-refractivity contribution in [3.63, 3.8) is 0 Å². The first-order valence-electron chi connectivity index (χ1n) is 12.4. The van der Waals surface area contributed by atoms with Crippen molar-refractivity contribution in [3.05, 3.63) is 67.7 Å². The van der Waals surface area contributed by atoms with Gasteiger partial charge >= 0.3 is 0 Å². The molecule has 10 heteroatoms. The molecule has 5 rings (SSSR count). The number of nitrogens with one attached hydrogen (secondary N) is 2. The molecule has 37 heavy (non-hydrogen) atoms. The van der Waals surface area contributed by atoms with Crippen molar-refractivity contribution in [1.82, 2.24) is 15.2 Å². The molecule has 2 atom stereocenters. The summed E-state index contributed by atoms with van der Waals surface area (Å²) in [6, 6.07) is 6.66. The van der Waals surface area contributed by atoms with Gasteiger partial charge < -0.3 is 24.8 Å². The normalized spacial score (nSPS) is 19.8. The van der Waals surface area contributed by atoms with E-state index in [9.17, 15) is 9.59 Å².